The van der Waals surface area contributed by atoms with Crippen LogP contribution in [0, 0.1) is 11.6 Å². The second kappa shape index (κ2) is 9.19. The predicted octanol–water partition coefficient (Wildman–Crippen LogP) is 2.19. The van der Waals surface area contributed by atoms with Crippen molar-refractivity contribution in [2.24, 2.45) is 0 Å². The molecule has 4 N–H and O–H groups in total. The van der Waals surface area contributed by atoms with Crippen molar-refractivity contribution in [2.45, 2.75) is 38.0 Å². The molecule has 0 bridgehead atoms. The van der Waals surface area contributed by atoms with Crippen LogP contribution in [0.25, 0.3) is 0 Å². The van der Waals surface area contributed by atoms with E-state index in [1.54, 1.807) is 18.2 Å². The van der Waals surface area contributed by atoms with Crippen LogP contribution in [0.3, 0.4) is 0 Å². The number of nitrogens with one attached hydrogen (secondary N) is 2. The third kappa shape index (κ3) is 5.65. The van der Waals surface area contributed by atoms with Crippen molar-refractivity contribution in [1.29, 1.82) is 0 Å². The van der Waals surface area contributed by atoms with E-state index in [9.17, 15) is 23.8 Å². The first kappa shape index (κ1) is 21.0. The first-order chi connectivity index (χ1) is 13.8. The summed E-state index contributed by atoms with van der Waals surface area (Å²) < 4.78 is 32.5. The molecule has 0 spiro atoms. The number of aliphatic hydroxyl groups is 1. The number of carbonyl (C=O) groups excluding carboxylic acids is 1. The fraction of sp³-hybridized carbons (Fsp3) is 0.381. The van der Waals surface area contributed by atoms with Crippen molar-refractivity contribution < 1.29 is 28.5 Å². The Kier molecular flexibility index (Phi) is 6.66. The second-order valence-electron chi connectivity index (χ2n) is 7.18. The van der Waals surface area contributed by atoms with Crippen molar-refractivity contribution in [3.8, 4) is 11.5 Å². The van der Waals surface area contributed by atoms with Gasteiger partial charge in [0.05, 0.1) is 18.8 Å². The quantitative estimate of drug-likeness (QED) is 0.566. The maximum atomic E-state index is 13.5. The molecule has 8 heteroatoms. The third-order valence-corrected chi connectivity index (χ3v) is 4.84. The van der Waals surface area contributed by atoms with E-state index >= 15 is 0 Å². The van der Waals surface area contributed by atoms with E-state index in [1.165, 1.54) is 19.1 Å². The molecular formula is C21H24F2N2O4. The normalized spacial score (nSPS) is 17.7. The Labute approximate surface area is 167 Å². The number of phenolic OH excluding ortho intramolecular Hbond substituents is 1. The van der Waals surface area contributed by atoms with Gasteiger partial charge in [-0.25, -0.2) is 8.78 Å². The van der Waals surface area contributed by atoms with Gasteiger partial charge in [-0.3, -0.25) is 4.79 Å². The molecule has 0 aromatic heterocycles. The summed E-state index contributed by atoms with van der Waals surface area (Å²) in [5, 5.41) is 26.3. The first-order valence-corrected chi connectivity index (χ1v) is 9.41. The fourth-order valence-electron chi connectivity index (χ4n) is 3.53. The van der Waals surface area contributed by atoms with Gasteiger partial charge in [0.2, 0.25) is 5.91 Å². The first-order valence-electron chi connectivity index (χ1n) is 9.41. The standard InChI is InChI=1S/C21H24F2N2O4/c1-12(26)25-19(8-13-6-14(22)9-15(23)7-13)20(28)11-24-18-4-5-29-21-3-2-16(27)10-17(18)21/h2-3,6-7,9-10,18-20,24,27-28H,4-5,8,11H2,1H3,(H,25,26)/t18-,19-,20+/m0/s1. The summed E-state index contributed by atoms with van der Waals surface area (Å²) in [6, 6.07) is 7.08. The van der Waals surface area contributed by atoms with Crippen LogP contribution < -0.4 is 15.4 Å². The molecule has 6 nitrogen and oxygen atoms in total. The lowest BCUT2D eigenvalue weighted by Crippen LogP contribution is -2.48. The van der Waals surface area contributed by atoms with Crippen molar-refractivity contribution in [2.75, 3.05) is 13.2 Å². The number of amides is 1. The summed E-state index contributed by atoms with van der Waals surface area (Å²) in [5.74, 6) is -1.01. The van der Waals surface area contributed by atoms with Gasteiger partial charge in [0.1, 0.15) is 23.1 Å². The molecule has 1 heterocycles. The van der Waals surface area contributed by atoms with Crippen molar-refractivity contribution in [1.82, 2.24) is 10.6 Å². The van der Waals surface area contributed by atoms with E-state index in [0.29, 0.717) is 24.3 Å². The van der Waals surface area contributed by atoms with Gasteiger partial charge in [0.15, 0.2) is 0 Å². The van der Waals surface area contributed by atoms with Gasteiger partial charge in [-0.1, -0.05) is 0 Å². The number of benzene rings is 2. The summed E-state index contributed by atoms with van der Waals surface area (Å²) >= 11 is 0. The zero-order valence-electron chi connectivity index (χ0n) is 16.0. The smallest absolute Gasteiger partial charge is 0.217 e. The minimum absolute atomic E-state index is 0.0717. The highest BCUT2D eigenvalue weighted by atomic mass is 19.1. The van der Waals surface area contributed by atoms with Crippen LogP contribution in [0.2, 0.25) is 0 Å². The summed E-state index contributed by atoms with van der Waals surface area (Å²) in [6.45, 7) is 1.93. The molecule has 0 aliphatic carbocycles. The monoisotopic (exact) mass is 406 g/mol. The van der Waals surface area contributed by atoms with Crippen molar-refractivity contribution in [3.63, 3.8) is 0 Å². The molecule has 0 fully saturated rings. The van der Waals surface area contributed by atoms with Gasteiger partial charge in [-0.05, 0) is 42.3 Å². The molecule has 0 saturated heterocycles. The van der Waals surface area contributed by atoms with Crippen molar-refractivity contribution >= 4 is 5.91 Å². The van der Waals surface area contributed by atoms with Crippen LogP contribution in [-0.4, -0.2) is 41.4 Å². The SMILES string of the molecule is CC(=O)N[C@@H](Cc1cc(F)cc(F)c1)[C@H](O)CN[C@H]1CCOc2ccc(O)cc21. The lowest BCUT2D eigenvalue weighted by Gasteiger charge is -2.30. The van der Waals surface area contributed by atoms with E-state index in [4.69, 9.17) is 4.74 Å². The lowest BCUT2D eigenvalue weighted by molar-refractivity contribution is -0.120. The van der Waals surface area contributed by atoms with Gasteiger partial charge in [0.25, 0.3) is 0 Å². The van der Waals surface area contributed by atoms with Crippen LogP contribution in [0.15, 0.2) is 36.4 Å². The number of fused-ring (bicyclic) bond motifs is 1. The summed E-state index contributed by atoms with van der Waals surface area (Å²) in [5.41, 5.74) is 1.12. The maximum Gasteiger partial charge on any atom is 0.217 e. The number of rotatable bonds is 7. The van der Waals surface area contributed by atoms with Crippen LogP contribution in [0.4, 0.5) is 8.78 Å². The van der Waals surface area contributed by atoms with Crippen LogP contribution in [0.1, 0.15) is 30.5 Å². The topological polar surface area (TPSA) is 90.8 Å². The van der Waals surface area contributed by atoms with Gasteiger partial charge in [-0.15, -0.1) is 0 Å². The van der Waals surface area contributed by atoms with Gasteiger partial charge in [0, 0.05) is 37.6 Å². The Hall–Kier alpha value is -2.71. The van der Waals surface area contributed by atoms with Crippen LogP contribution >= 0.6 is 0 Å². The Balaban J connectivity index is 1.68. The van der Waals surface area contributed by atoms with E-state index in [0.717, 1.165) is 11.6 Å². The lowest BCUT2D eigenvalue weighted by atomic mass is 9.98. The van der Waals surface area contributed by atoms with E-state index < -0.39 is 23.8 Å². The third-order valence-electron chi connectivity index (χ3n) is 4.84. The van der Waals surface area contributed by atoms with Crippen LogP contribution in [-0.2, 0) is 11.2 Å². The number of hydrogen-bond acceptors (Lipinski definition) is 5. The Morgan fingerprint density at radius 2 is 1.97 bits per heavy atom. The Bertz CT molecular complexity index is 858. The van der Waals surface area contributed by atoms with Gasteiger partial charge in [-0.2, -0.15) is 0 Å². The van der Waals surface area contributed by atoms with Gasteiger partial charge < -0.3 is 25.6 Å². The number of ether oxygens (including phenoxy) is 1. The largest absolute Gasteiger partial charge is 0.508 e. The minimum atomic E-state index is -1.01. The number of aromatic hydroxyl groups is 1. The number of phenols is 1. The summed E-state index contributed by atoms with van der Waals surface area (Å²) in [7, 11) is 0. The van der Waals surface area contributed by atoms with Gasteiger partial charge >= 0.3 is 0 Å². The molecule has 3 rings (SSSR count). The zero-order valence-corrected chi connectivity index (χ0v) is 16.0. The number of aliphatic hydroxyl groups excluding tert-OH is 1. The van der Waals surface area contributed by atoms with E-state index in [1.807, 2.05) is 0 Å². The molecule has 1 aliphatic rings. The molecule has 3 atom stereocenters. The number of halogens is 2. The average molecular weight is 406 g/mol. The average Bonchev–Trinajstić information content (AvgIpc) is 2.64. The molecule has 2 aromatic rings. The van der Waals surface area contributed by atoms with E-state index in [2.05, 4.69) is 10.6 Å². The molecule has 0 unspecified atom stereocenters. The Morgan fingerprint density at radius 1 is 1.24 bits per heavy atom. The van der Waals surface area contributed by atoms with E-state index in [-0.39, 0.29) is 30.7 Å². The zero-order chi connectivity index (χ0) is 21.0. The molecule has 0 saturated carbocycles. The molecule has 156 valence electrons. The molecule has 1 aliphatic heterocycles. The molecule has 1 amide bonds. The van der Waals surface area contributed by atoms with Crippen molar-refractivity contribution in [3.05, 3.63) is 59.2 Å². The molecule has 29 heavy (non-hydrogen) atoms. The summed E-state index contributed by atoms with van der Waals surface area (Å²) in [4.78, 5) is 11.6. The highest BCUT2D eigenvalue weighted by Crippen LogP contribution is 2.34. The highest BCUT2D eigenvalue weighted by molar-refractivity contribution is 5.73. The predicted molar refractivity (Wildman–Crippen MR) is 103 cm³/mol. The summed E-state index contributed by atoms with van der Waals surface area (Å²) in [6.07, 6.45) is -0.292. The fourth-order valence-corrected chi connectivity index (χ4v) is 3.53. The second-order valence-corrected chi connectivity index (χ2v) is 7.18. The number of carbonyl (C=O) groups is 1. The maximum absolute atomic E-state index is 13.5. The van der Waals surface area contributed by atoms with Crippen LogP contribution in [0.5, 0.6) is 11.5 Å². The number of hydrogen-bond donors (Lipinski definition) is 4. The Morgan fingerprint density at radius 3 is 2.66 bits per heavy atom. The molecular weight excluding hydrogens is 382 g/mol. The highest BCUT2D eigenvalue weighted by Gasteiger charge is 2.26. The minimum Gasteiger partial charge on any atom is -0.508 e. The molecule has 0 radical (unpaired) electrons. The molecule has 2 aromatic carbocycles.